The van der Waals surface area contributed by atoms with Crippen molar-refractivity contribution in [3.05, 3.63) is 87.5 Å². The standard InChI is InChI=1S/C28H29ClN4OS2/c1-18-12-19(2)31-28(30-18)36-23-14-25(33(17-23)15-21-9-4-6-10-24(21)29)27(34)32(3)16-22-13-20-8-5-7-11-26(20)35-22/h4-13,23,25H,14-17H2,1-3H3/t23-,25-/m0/s1. The first-order valence-electron chi connectivity index (χ1n) is 12.0. The summed E-state index contributed by atoms with van der Waals surface area (Å²) < 4.78 is 1.25. The van der Waals surface area contributed by atoms with E-state index in [2.05, 4.69) is 45.2 Å². The molecule has 0 spiro atoms. The smallest absolute Gasteiger partial charge is 0.240 e. The van der Waals surface area contributed by atoms with Gasteiger partial charge in [0.15, 0.2) is 5.16 Å². The number of benzene rings is 2. The van der Waals surface area contributed by atoms with Gasteiger partial charge in [-0.2, -0.15) is 0 Å². The number of amides is 1. The molecule has 8 heteroatoms. The molecule has 0 saturated carbocycles. The molecule has 0 radical (unpaired) electrons. The topological polar surface area (TPSA) is 49.3 Å². The Morgan fingerprint density at radius 2 is 1.83 bits per heavy atom. The molecule has 5 nitrogen and oxygen atoms in total. The Balaban J connectivity index is 1.35. The van der Waals surface area contributed by atoms with Crippen LogP contribution in [0.4, 0.5) is 0 Å². The number of hydrogen-bond acceptors (Lipinski definition) is 6. The van der Waals surface area contributed by atoms with Crippen LogP contribution in [0.25, 0.3) is 10.1 Å². The summed E-state index contributed by atoms with van der Waals surface area (Å²) in [5.74, 6) is 0.143. The van der Waals surface area contributed by atoms with Crippen molar-refractivity contribution in [1.29, 1.82) is 0 Å². The molecule has 3 heterocycles. The van der Waals surface area contributed by atoms with Crippen molar-refractivity contribution in [2.75, 3.05) is 13.6 Å². The van der Waals surface area contributed by atoms with Gasteiger partial charge in [0.05, 0.1) is 12.6 Å². The fraction of sp³-hybridized carbons (Fsp3) is 0.321. The SMILES string of the molecule is Cc1cc(C)nc(S[C@H]2C[C@@H](C(=O)N(C)Cc3cc4ccccc4s3)N(Cc3ccccc3Cl)C2)n1. The zero-order valence-electron chi connectivity index (χ0n) is 20.6. The third-order valence-electron chi connectivity index (χ3n) is 6.46. The highest BCUT2D eigenvalue weighted by molar-refractivity contribution is 7.99. The fourth-order valence-electron chi connectivity index (χ4n) is 4.80. The second-order valence-electron chi connectivity index (χ2n) is 9.39. The Kier molecular flexibility index (Phi) is 7.62. The molecular weight excluding hydrogens is 508 g/mol. The van der Waals surface area contributed by atoms with Crippen LogP contribution >= 0.6 is 34.7 Å². The van der Waals surface area contributed by atoms with E-state index in [1.807, 2.05) is 56.1 Å². The number of hydrogen-bond donors (Lipinski definition) is 0. The van der Waals surface area contributed by atoms with Crippen molar-refractivity contribution in [1.82, 2.24) is 19.8 Å². The van der Waals surface area contributed by atoms with E-state index in [1.54, 1.807) is 23.1 Å². The van der Waals surface area contributed by atoms with Gasteiger partial charge in [-0.15, -0.1) is 11.3 Å². The lowest BCUT2D eigenvalue weighted by Gasteiger charge is -2.28. The van der Waals surface area contributed by atoms with E-state index in [0.717, 1.165) is 40.1 Å². The second kappa shape index (κ2) is 10.9. The summed E-state index contributed by atoms with van der Waals surface area (Å²) in [4.78, 5) is 28.3. The fourth-order valence-corrected chi connectivity index (χ4v) is 7.35. The number of aryl methyl sites for hydroxylation is 2. The van der Waals surface area contributed by atoms with Crippen LogP contribution in [0.5, 0.6) is 0 Å². The van der Waals surface area contributed by atoms with E-state index in [-0.39, 0.29) is 17.2 Å². The molecule has 0 aliphatic carbocycles. The average molecular weight is 537 g/mol. The van der Waals surface area contributed by atoms with Crippen LogP contribution in [0, 0.1) is 13.8 Å². The molecule has 2 atom stereocenters. The molecule has 0 bridgehead atoms. The van der Waals surface area contributed by atoms with Crippen molar-refractivity contribution in [3.8, 4) is 0 Å². The van der Waals surface area contributed by atoms with Crippen LogP contribution in [0.3, 0.4) is 0 Å². The van der Waals surface area contributed by atoms with Crippen molar-refractivity contribution >= 4 is 50.7 Å². The van der Waals surface area contributed by atoms with Crippen LogP contribution in [0.1, 0.15) is 28.2 Å². The number of carbonyl (C=O) groups excluding carboxylic acids is 1. The van der Waals surface area contributed by atoms with Gasteiger partial charge < -0.3 is 4.90 Å². The van der Waals surface area contributed by atoms with Crippen LogP contribution in [0.15, 0.2) is 65.8 Å². The molecule has 2 aromatic carbocycles. The summed E-state index contributed by atoms with van der Waals surface area (Å²) in [6, 6.07) is 20.2. The van der Waals surface area contributed by atoms with Crippen LogP contribution in [-0.2, 0) is 17.9 Å². The minimum atomic E-state index is -0.218. The van der Waals surface area contributed by atoms with Crippen molar-refractivity contribution < 1.29 is 4.79 Å². The molecule has 186 valence electrons. The molecule has 1 fully saturated rings. The van der Waals surface area contributed by atoms with Gasteiger partial charge in [-0.25, -0.2) is 9.97 Å². The van der Waals surface area contributed by atoms with Gasteiger partial charge in [-0.1, -0.05) is 59.8 Å². The maximum absolute atomic E-state index is 13.8. The zero-order valence-corrected chi connectivity index (χ0v) is 23.0. The maximum Gasteiger partial charge on any atom is 0.240 e. The maximum atomic E-state index is 13.8. The number of carbonyl (C=O) groups is 1. The minimum Gasteiger partial charge on any atom is -0.339 e. The van der Waals surface area contributed by atoms with Gasteiger partial charge in [-0.3, -0.25) is 9.69 Å². The van der Waals surface area contributed by atoms with E-state index in [0.29, 0.717) is 13.1 Å². The molecule has 0 N–H and O–H groups in total. The summed E-state index contributed by atoms with van der Waals surface area (Å²) >= 11 is 9.92. The molecule has 36 heavy (non-hydrogen) atoms. The van der Waals surface area contributed by atoms with E-state index < -0.39 is 0 Å². The Hall–Kier alpha value is -2.45. The van der Waals surface area contributed by atoms with Gasteiger partial charge in [-0.05, 0) is 55.5 Å². The highest BCUT2D eigenvalue weighted by atomic mass is 35.5. The number of halogens is 1. The molecule has 4 aromatic rings. The Labute approximate surface area is 225 Å². The number of nitrogens with zero attached hydrogens (tertiary/aromatic N) is 4. The number of rotatable bonds is 7. The summed E-state index contributed by atoms with van der Waals surface area (Å²) in [7, 11) is 1.91. The van der Waals surface area contributed by atoms with Crippen LogP contribution < -0.4 is 0 Å². The first kappa shape index (κ1) is 25.2. The lowest BCUT2D eigenvalue weighted by molar-refractivity contribution is -0.135. The number of likely N-dealkylation sites (N-methyl/N-ethyl adjacent to an activating group) is 1. The van der Waals surface area contributed by atoms with E-state index in [9.17, 15) is 4.79 Å². The molecule has 0 unspecified atom stereocenters. The molecule has 1 saturated heterocycles. The van der Waals surface area contributed by atoms with Crippen molar-refractivity contribution in [2.45, 2.75) is 49.8 Å². The predicted octanol–water partition coefficient (Wildman–Crippen LogP) is 6.36. The largest absolute Gasteiger partial charge is 0.339 e. The Morgan fingerprint density at radius 1 is 1.11 bits per heavy atom. The number of thioether (sulfide) groups is 1. The molecular formula is C28H29ClN4OS2. The van der Waals surface area contributed by atoms with Gasteiger partial charge in [0, 0.05) is 51.4 Å². The molecule has 1 aliphatic heterocycles. The van der Waals surface area contributed by atoms with Crippen molar-refractivity contribution in [2.24, 2.45) is 0 Å². The Morgan fingerprint density at radius 3 is 2.58 bits per heavy atom. The first-order chi connectivity index (χ1) is 17.4. The third kappa shape index (κ3) is 5.75. The lowest BCUT2D eigenvalue weighted by Crippen LogP contribution is -2.43. The number of thiophene rings is 1. The van der Waals surface area contributed by atoms with E-state index in [4.69, 9.17) is 11.6 Å². The van der Waals surface area contributed by atoms with Crippen LogP contribution in [0.2, 0.25) is 5.02 Å². The number of likely N-dealkylation sites (tertiary alicyclic amines) is 1. The second-order valence-corrected chi connectivity index (χ2v) is 12.2. The highest BCUT2D eigenvalue weighted by Crippen LogP contribution is 2.34. The molecule has 5 rings (SSSR count). The molecule has 1 aliphatic rings. The monoisotopic (exact) mass is 536 g/mol. The minimum absolute atomic E-state index is 0.143. The summed E-state index contributed by atoms with van der Waals surface area (Å²) in [5.41, 5.74) is 2.97. The number of aromatic nitrogens is 2. The summed E-state index contributed by atoms with van der Waals surface area (Å²) in [6.07, 6.45) is 0.751. The number of fused-ring (bicyclic) bond motifs is 1. The van der Waals surface area contributed by atoms with E-state index >= 15 is 0 Å². The van der Waals surface area contributed by atoms with Crippen molar-refractivity contribution in [3.63, 3.8) is 0 Å². The first-order valence-corrected chi connectivity index (χ1v) is 14.1. The van der Waals surface area contributed by atoms with Gasteiger partial charge in [0.2, 0.25) is 5.91 Å². The predicted molar refractivity (Wildman–Crippen MR) is 150 cm³/mol. The molecule has 1 amide bonds. The summed E-state index contributed by atoms with van der Waals surface area (Å²) in [5, 5.41) is 2.96. The van der Waals surface area contributed by atoms with E-state index in [1.165, 1.54) is 15.0 Å². The van der Waals surface area contributed by atoms with Gasteiger partial charge >= 0.3 is 0 Å². The quantitative estimate of drug-likeness (QED) is 0.257. The Bertz CT molecular complexity index is 1340. The summed E-state index contributed by atoms with van der Waals surface area (Å²) in [6.45, 7) is 6.00. The normalized spacial score (nSPS) is 18.1. The van der Waals surface area contributed by atoms with Gasteiger partial charge in [0.25, 0.3) is 0 Å². The highest BCUT2D eigenvalue weighted by Gasteiger charge is 2.39. The average Bonchev–Trinajstić information content (AvgIpc) is 3.42. The van der Waals surface area contributed by atoms with Crippen LogP contribution in [-0.4, -0.2) is 50.6 Å². The zero-order chi connectivity index (χ0) is 25.2. The lowest BCUT2D eigenvalue weighted by atomic mass is 10.1. The third-order valence-corrected chi connectivity index (χ3v) is 9.00. The van der Waals surface area contributed by atoms with Gasteiger partial charge in [0.1, 0.15) is 0 Å². The molecule has 2 aromatic heterocycles.